The van der Waals surface area contributed by atoms with Gasteiger partial charge in [0, 0.05) is 31.5 Å². The first-order chi connectivity index (χ1) is 14.1. The lowest BCUT2D eigenvalue weighted by Crippen LogP contribution is -2.32. The van der Waals surface area contributed by atoms with Gasteiger partial charge in [-0.05, 0) is 37.6 Å². The van der Waals surface area contributed by atoms with Crippen LogP contribution in [0.2, 0.25) is 0 Å². The van der Waals surface area contributed by atoms with Gasteiger partial charge in [0.05, 0.1) is 5.25 Å². The third kappa shape index (κ3) is 5.42. The Kier molecular flexibility index (Phi) is 7.37. The second kappa shape index (κ2) is 10.2. The molecule has 3 aromatic rings. The van der Waals surface area contributed by atoms with Gasteiger partial charge in [0.2, 0.25) is 5.91 Å². The van der Waals surface area contributed by atoms with E-state index in [9.17, 15) is 9.18 Å². The predicted octanol–water partition coefficient (Wildman–Crippen LogP) is 3.71. The number of rotatable bonds is 9. The first-order valence-corrected chi connectivity index (χ1v) is 10.2. The fourth-order valence-electron chi connectivity index (χ4n) is 2.73. The van der Waals surface area contributed by atoms with E-state index < -0.39 is 0 Å². The normalized spacial score (nSPS) is 12.0. The maximum Gasteiger partial charge on any atom is 0.233 e. The zero-order chi connectivity index (χ0) is 20.6. The maximum absolute atomic E-state index is 13.4. The molecular formula is C21H23FN4O2S. The lowest BCUT2D eigenvalue weighted by molar-refractivity contribution is -0.120. The lowest BCUT2D eigenvalue weighted by atomic mass is 10.2. The SMILES string of the molecule is COCCCNC(=O)C(C)Sc1nnc(-c2ccccc2)n1-c1ccc(F)cc1. The number of hydrogen-bond acceptors (Lipinski definition) is 5. The number of nitrogens with one attached hydrogen (secondary N) is 1. The zero-order valence-corrected chi connectivity index (χ0v) is 17.2. The van der Waals surface area contributed by atoms with Crippen LogP contribution in [0.4, 0.5) is 4.39 Å². The molecule has 0 aliphatic carbocycles. The van der Waals surface area contributed by atoms with Crippen molar-refractivity contribution >= 4 is 17.7 Å². The van der Waals surface area contributed by atoms with E-state index in [-0.39, 0.29) is 17.0 Å². The highest BCUT2D eigenvalue weighted by Gasteiger charge is 2.21. The van der Waals surface area contributed by atoms with Crippen molar-refractivity contribution in [2.24, 2.45) is 0 Å². The summed E-state index contributed by atoms with van der Waals surface area (Å²) in [4.78, 5) is 12.4. The minimum absolute atomic E-state index is 0.0824. The Balaban J connectivity index is 1.86. The third-order valence-electron chi connectivity index (χ3n) is 4.23. The van der Waals surface area contributed by atoms with Gasteiger partial charge in [-0.25, -0.2) is 4.39 Å². The largest absolute Gasteiger partial charge is 0.385 e. The number of methoxy groups -OCH3 is 1. The van der Waals surface area contributed by atoms with Crippen LogP contribution in [0.15, 0.2) is 59.8 Å². The molecule has 1 unspecified atom stereocenters. The van der Waals surface area contributed by atoms with E-state index in [1.54, 1.807) is 19.2 Å². The summed E-state index contributed by atoms with van der Waals surface area (Å²) in [5.74, 6) is 0.231. The summed E-state index contributed by atoms with van der Waals surface area (Å²) in [7, 11) is 1.63. The molecule has 0 aliphatic heterocycles. The highest BCUT2D eigenvalue weighted by molar-refractivity contribution is 8.00. The Morgan fingerprint density at radius 2 is 1.90 bits per heavy atom. The molecular weight excluding hydrogens is 391 g/mol. The van der Waals surface area contributed by atoms with Crippen LogP contribution in [0.3, 0.4) is 0 Å². The van der Waals surface area contributed by atoms with Crippen molar-refractivity contribution in [3.05, 3.63) is 60.4 Å². The summed E-state index contributed by atoms with van der Waals surface area (Å²) in [6.45, 7) is 2.97. The van der Waals surface area contributed by atoms with Crippen LogP contribution < -0.4 is 5.32 Å². The van der Waals surface area contributed by atoms with E-state index in [1.165, 1.54) is 23.9 Å². The molecule has 0 fully saturated rings. The van der Waals surface area contributed by atoms with Crippen LogP contribution in [-0.2, 0) is 9.53 Å². The van der Waals surface area contributed by atoms with Gasteiger partial charge in [0.15, 0.2) is 11.0 Å². The molecule has 0 saturated carbocycles. The number of hydrogen-bond donors (Lipinski definition) is 1. The van der Waals surface area contributed by atoms with Crippen molar-refractivity contribution in [2.45, 2.75) is 23.8 Å². The van der Waals surface area contributed by atoms with Gasteiger partial charge in [0.1, 0.15) is 5.82 Å². The summed E-state index contributed by atoms with van der Waals surface area (Å²) < 4.78 is 20.3. The number of aromatic nitrogens is 3. The number of amides is 1. The van der Waals surface area contributed by atoms with Crippen molar-refractivity contribution < 1.29 is 13.9 Å². The molecule has 1 amide bonds. The second-order valence-electron chi connectivity index (χ2n) is 6.38. The monoisotopic (exact) mass is 414 g/mol. The van der Waals surface area contributed by atoms with Gasteiger partial charge in [-0.3, -0.25) is 9.36 Å². The first-order valence-electron chi connectivity index (χ1n) is 9.30. The zero-order valence-electron chi connectivity index (χ0n) is 16.3. The molecule has 1 heterocycles. The quantitative estimate of drug-likeness (QED) is 0.427. The van der Waals surface area contributed by atoms with Gasteiger partial charge >= 0.3 is 0 Å². The highest BCUT2D eigenvalue weighted by atomic mass is 32.2. The van der Waals surface area contributed by atoms with Crippen molar-refractivity contribution in [2.75, 3.05) is 20.3 Å². The van der Waals surface area contributed by atoms with E-state index in [4.69, 9.17) is 4.74 Å². The van der Waals surface area contributed by atoms with Gasteiger partial charge in [0.25, 0.3) is 0 Å². The number of ether oxygens (including phenoxy) is 1. The fraction of sp³-hybridized carbons (Fsp3) is 0.286. The Hall–Kier alpha value is -2.71. The Morgan fingerprint density at radius 3 is 2.59 bits per heavy atom. The van der Waals surface area contributed by atoms with Crippen molar-refractivity contribution in [3.8, 4) is 17.1 Å². The van der Waals surface area contributed by atoms with Crippen molar-refractivity contribution in [1.29, 1.82) is 0 Å². The summed E-state index contributed by atoms with van der Waals surface area (Å²) in [5.41, 5.74) is 1.61. The lowest BCUT2D eigenvalue weighted by Gasteiger charge is -2.14. The molecule has 152 valence electrons. The van der Waals surface area contributed by atoms with Gasteiger partial charge in [-0.15, -0.1) is 10.2 Å². The van der Waals surface area contributed by atoms with Crippen LogP contribution in [0.1, 0.15) is 13.3 Å². The number of halogens is 1. The summed E-state index contributed by atoms with van der Waals surface area (Å²) in [6, 6.07) is 15.8. The van der Waals surface area contributed by atoms with E-state index >= 15 is 0 Å². The smallest absolute Gasteiger partial charge is 0.233 e. The molecule has 1 atom stereocenters. The van der Waals surface area contributed by atoms with Crippen LogP contribution in [0.25, 0.3) is 17.1 Å². The number of nitrogens with zero attached hydrogens (tertiary/aromatic N) is 3. The van der Waals surface area contributed by atoms with Crippen LogP contribution >= 0.6 is 11.8 Å². The average molecular weight is 415 g/mol. The number of carbonyl (C=O) groups is 1. The van der Waals surface area contributed by atoms with Gasteiger partial charge in [-0.2, -0.15) is 0 Å². The first kappa shape index (κ1) is 21.0. The van der Waals surface area contributed by atoms with Crippen molar-refractivity contribution in [1.82, 2.24) is 20.1 Å². The predicted molar refractivity (Wildman–Crippen MR) is 112 cm³/mol. The van der Waals surface area contributed by atoms with Crippen LogP contribution in [0, 0.1) is 5.82 Å². The van der Waals surface area contributed by atoms with E-state index in [2.05, 4.69) is 15.5 Å². The molecule has 6 nitrogen and oxygen atoms in total. The topological polar surface area (TPSA) is 69.0 Å². The standard InChI is InChI=1S/C21H23FN4O2S/c1-15(20(27)23-13-6-14-28-2)29-21-25-24-19(16-7-4-3-5-8-16)26(21)18-11-9-17(22)10-12-18/h3-5,7-12,15H,6,13-14H2,1-2H3,(H,23,27). The molecule has 0 aliphatic rings. The molecule has 3 rings (SSSR count). The number of thioether (sulfide) groups is 1. The van der Waals surface area contributed by atoms with E-state index in [0.29, 0.717) is 24.1 Å². The second-order valence-corrected chi connectivity index (χ2v) is 7.69. The van der Waals surface area contributed by atoms with Gasteiger partial charge < -0.3 is 10.1 Å². The molecule has 8 heteroatoms. The van der Waals surface area contributed by atoms with E-state index in [0.717, 1.165) is 17.7 Å². The molecule has 2 aromatic carbocycles. The minimum Gasteiger partial charge on any atom is -0.385 e. The Morgan fingerprint density at radius 1 is 1.17 bits per heavy atom. The Labute approximate surface area is 173 Å². The van der Waals surface area contributed by atoms with E-state index in [1.807, 2.05) is 41.8 Å². The molecule has 0 bridgehead atoms. The van der Waals surface area contributed by atoms with Crippen LogP contribution in [-0.4, -0.2) is 46.2 Å². The van der Waals surface area contributed by atoms with Crippen LogP contribution in [0.5, 0.6) is 0 Å². The Bertz CT molecular complexity index is 932. The molecule has 1 aromatic heterocycles. The molecule has 0 saturated heterocycles. The van der Waals surface area contributed by atoms with Gasteiger partial charge in [-0.1, -0.05) is 42.1 Å². The average Bonchev–Trinajstić information content (AvgIpc) is 3.15. The number of carbonyl (C=O) groups excluding carboxylic acids is 1. The van der Waals surface area contributed by atoms with Crippen molar-refractivity contribution in [3.63, 3.8) is 0 Å². The molecule has 1 N–H and O–H groups in total. The third-order valence-corrected chi connectivity index (χ3v) is 5.27. The summed E-state index contributed by atoms with van der Waals surface area (Å²) in [6.07, 6.45) is 0.754. The minimum atomic E-state index is -0.371. The summed E-state index contributed by atoms with van der Waals surface area (Å²) >= 11 is 1.31. The summed E-state index contributed by atoms with van der Waals surface area (Å²) in [5, 5.41) is 11.7. The highest BCUT2D eigenvalue weighted by Crippen LogP contribution is 2.30. The molecule has 0 radical (unpaired) electrons. The fourth-order valence-corrected chi connectivity index (χ4v) is 3.62. The maximum atomic E-state index is 13.4. The number of benzene rings is 2. The molecule has 29 heavy (non-hydrogen) atoms. The molecule has 0 spiro atoms.